The molecule has 0 radical (unpaired) electrons. The molecule has 0 aliphatic rings. The minimum absolute atomic E-state index is 0.271. The summed E-state index contributed by atoms with van der Waals surface area (Å²) in [4.78, 5) is 0. The first-order valence-corrected chi connectivity index (χ1v) is 9.74. The number of halogens is 4. The van der Waals surface area contributed by atoms with Crippen molar-refractivity contribution in [2.75, 3.05) is 19.1 Å². The molecule has 0 fully saturated rings. The summed E-state index contributed by atoms with van der Waals surface area (Å²) in [6, 6.07) is 15.1. The summed E-state index contributed by atoms with van der Waals surface area (Å²) in [6.07, 6.45) is -5.17. The second kappa shape index (κ2) is 9.55. The first-order chi connectivity index (χ1) is 13.1. The number of hydrogen-bond acceptors (Lipinski definition) is 2. The van der Waals surface area contributed by atoms with E-state index in [1.54, 1.807) is 12.1 Å². The van der Waals surface area contributed by atoms with Crippen LogP contribution in [0.2, 0.25) is 0 Å². The molecule has 0 aliphatic heterocycles. The van der Waals surface area contributed by atoms with Crippen LogP contribution >= 0.6 is 11.6 Å². The van der Waals surface area contributed by atoms with Gasteiger partial charge in [0.2, 0.25) is 0 Å². The Morgan fingerprint density at radius 2 is 1.32 bits per heavy atom. The number of alkyl halides is 4. The van der Waals surface area contributed by atoms with Gasteiger partial charge in [-0.05, 0) is 35.4 Å². The molecule has 28 heavy (non-hydrogen) atoms. The van der Waals surface area contributed by atoms with Gasteiger partial charge in [0.05, 0.1) is 19.6 Å². The van der Waals surface area contributed by atoms with Crippen LogP contribution in [-0.2, 0) is 5.41 Å². The van der Waals surface area contributed by atoms with E-state index in [1.807, 2.05) is 43.3 Å². The van der Waals surface area contributed by atoms with Crippen molar-refractivity contribution >= 4 is 11.6 Å². The molecule has 154 valence electrons. The van der Waals surface area contributed by atoms with Gasteiger partial charge >= 0.3 is 6.18 Å². The lowest BCUT2D eigenvalue weighted by Crippen LogP contribution is -2.19. The van der Waals surface area contributed by atoms with Gasteiger partial charge < -0.3 is 9.47 Å². The summed E-state index contributed by atoms with van der Waals surface area (Å²) in [5, 5.41) is 0. The molecule has 2 aromatic rings. The third-order valence-electron chi connectivity index (χ3n) is 4.60. The van der Waals surface area contributed by atoms with Gasteiger partial charge in [-0.1, -0.05) is 45.0 Å². The standard InChI is InChI=1S/C22H26ClF3O2/c1-16(14-23)15-28-20-10-6-18(7-11-20)21(2,3)17-4-8-19(9-5-17)27-13-12-22(24,25)26/h4-11,16H,12-15H2,1-3H3. The van der Waals surface area contributed by atoms with Gasteiger partial charge in [0.1, 0.15) is 11.5 Å². The molecule has 0 amide bonds. The summed E-state index contributed by atoms with van der Waals surface area (Å²) in [5.74, 6) is 2.07. The molecular weight excluding hydrogens is 389 g/mol. The molecule has 0 N–H and O–H groups in total. The molecule has 0 aromatic heterocycles. The van der Waals surface area contributed by atoms with Gasteiger partial charge in [-0.3, -0.25) is 0 Å². The molecule has 0 spiro atoms. The summed E-state index contributed by atoms with van der Waals surface area (Å²) in [6.45, 7) is 6.41. The van der Waals surface area contributed by atoms with Crippen molar-refractivity contribution in [1.82, 2.24) is 0 Å². The van der Waals surface area contributed by atoms with Gasteiger partial charge in [-0.25, -0.2) is 0 Å². The summed E-state index contributed by atoms with van der Waals surface area (Å²) >= 11 is 5.79. The maximum atomic E-state index is 12.2. The molecule has 1 unspecified atom stereocenters. The molecule has 6 heteroatoms. The third-order valence-corrected chi connectivity index (χ3v) is 5.13. The highest BCUT2D eigenvalue weighted by atomic mass is 35.5. The van der Waals surface area contributed by atoms with E-state index in [2.05, 4.69) is 13.8 Å². The Balaban J connectivity index is 2.01. The van der Waals surface area contributed by atoms with E-state index in [-0.39, 0.29) is 17.9 Å². The lowest BCUT2D eigenvalue weighted by atomic mass is 9.78. The lowest BCUT2D eigenvalue weighted by molar-refractivity contribution is -0.139. The van der Waals surface area contributed by atoms with Crippen LogP contribution in [0.3, 0.4) is 0 Å². The van der Waals surface area contributed by atoms with E-state index in [9.17, 15) is 13.2 Å². The van der Waals surface area contributed by atoms with Crippen molar-refractivity contribution in [2.24, 2.45) is 5.92 Å². The number of hydrogen-bond donors (Lipinski definition) is 0. The van der Waals surface area contributed by atoms with Crippen LogP contribution in [0.5, 0.6) is 11.5 Å². The summed E-state index contributed by atoms with van der Waals surface area (Å²) in [5.41, 5.74) is 1.88. The predicted molar refractivity (Wildman–Crippen MR) is 107 cm³/mol. The van der Waals surface area contributed by atoms with E-state index < -0.39 is 12.6 Å². The van der Waals surface area contributed by atoms with Crippen molar-refractivity contribution in [3.63, 3.8) is 0 Å². The maximum absolute atomic E-state index is 12.2. The van der Waals surface area contributed by atoms with Crippen LogP contribution in [0.4, 0.5) is 13.2 Å². The Bertz CT molecular complexity index is 725. The van der Waals surface area contributed by atoms with Crippen molar-refractivity contribution in [3.8, 4) is 11.5 Å². The Hall–Kier alpha value is -1.88. The van der Waals surface area contributed by atoms with Crippen molar-refractivity contribution in [2.45, 2.75) is 38.8 Å². The molecule has 0 heterocycles. The number of benzene rings is 2. The van der Waals surface area contributed by atoms with Crippen LogP contribution < -0.4 is 9.47 Å². The highest BCUT2D eigenvalue weighted by Gasteiger charge is 2.27. The van der Waals surface area contributed by atoms with Crippen LogP contribution in [0, 0.1) is 5.92 Å². The lowest BCUT2D eigenvalue weighted by Gasteiger charge is -2.26. The van der Waals surface area contributed by atoms with Crippen molar-refractivity contribution in [1.29, 1.82) is 0 Å². The van der Waals surface area contributed by atoms with E-state index in [0.29, 0.717) is 18.2 Å². The van der Waals surface area contributed by atoms with Crippen LogP contribution in [-0.4, -0.2) is 25.3 Å². The van der Waals surface area contributed by atoms with Crippen molar-refractivity contribution < 1.29 is 22.6 Å². The maximum Gasteiger partial charge on any atom is 0.392 e. The van der Waals surface area contributed by atoms with E-state index in [0.717, 1.165) is 16.9 Å². The quantitative estimate of drug-likeness (QED) is 0.430. The van der Waals surface area contributed by atoms with Gasteiger partial charge in [0.15, 0.2) is 0 Å². The first kappa shape index (κ1) is 22.4. The van der Waals surface area contributed by atoms with Crippen LogP contribution in [0.15, 0.2) is 48.5 Å². The Morgan fingerprint density at radius 1 is 0.857 bits per heavy atom. The Kier molecular flexibility index (Phi) is 7.64. The smallest absolute Gasteiger partial charge is 0.392 e. The van der Waals surface area contributed by atoms with Gasteiger partial charge in [-0.2, -0.15) is 13.2 Å². The molecule has 2 aromatic carbocycles. The predicted octanol–water partition coefficient (Wildman–Crippen LogP) is 6.60. The molecule has 1 atom stereocenters. The second-order valence-corrected chi connectivity index (χ2v) is 7.77. The molecule has 2 nitrogen and oxygen atoms in total. The number of rotatable bonds is 9. The van der Waals surface area contributed by atoms with E-state index in [4.69, 9.17) is 21.1 Å². The fourth-order valence-corrected chi connectivity index (χ4v) is 2.76. The van der Waals surface area contributed by atoms with Gasteiger partial charge in [0, 0.05) is 17.2 Å². The second-order valence-electron chi connectivity index (χ2n) is 7.46. The average Bonchev–Trinajstić information content (AvgIpc) is 2.66. The number of ether oxygens (including phenoxy) is 2. The van der Waals surface area contributed by atoms with Crippen LogP contribution in [0.1, 0.15) is 38.3 Å². The monoisotopic (exact) mass is 414 g/mol. The SMILES string of the molecule is CC(CCl)COc1ccc(C(C)(C)c2ccc(OCCC(F)(F)F)cc2)cc1. The summed E-state index contributed by atoms with van der Waals surface area (Å²) < 4.78 is 47.5. The largest absolute Gasteiger partial charge is 0.493 e. The highest BCUT2D eigenvalue weighted by molar-refractivity contribution is 6.18. The van der Waals surface area contributed by atoms with E-state index in [1.165, 1.54) is 0 Å². The third kappa shape index (κ3) is 6.62. The molecular formula is C22H26ClF3O2. The Labute approximate surface area is 169 Å². The highest BCUT2D eigenvalue weighted by Crippen LogP contribution is 2.33. The fraction of sp³-hybridized carbons (Fsp3) is 0.455. The Morgan fingerprint density at radius 3 is 1.75 bits per heavy atom. The average molecular weight is 415 g/mol. The summed E-state index contributed by atoms with van der Waals surface area (Å²) in [7, 11) is 0. The minimum Gasteiger partial charge on any atom is -0.493 e. The molecule has 0 bridgehead atoms. The van der Waals surface area contributed by atoms with Crippen LogP contribution in [0.25, 0.3) is 0 Å². The molecule has 0 saturated heterocycles. The van der Waals surface area contributed by atoms with Crippen molar-refractivity contribution in [3.05, 3.63) is 59.7 Å². The van der Waals surface area contributed by atoms with E-state index >= 15 is 0 Å². The van der Waals surface area contributed by atoms with Gasteiger partial charge in [-0.15, -0.1) is 11.6 Å². The zero-order valence-corrected chi connectivity index (χ0v) is 17.1. The molecule has 0 aliphatic carbocycles. The zero-order valence-electron chi connectivity index (χ0n) is 16.4. The minimum atomic E-state index is -4.21. The topological polar surface area (TPSA) is 18.5 Å². The first-order valence-electron chi connectivity index (χ1n) is 9.21. The fourth-order valence-electron chi connectivity index (χ4n) is 2.67. The van der Waals surface area contributed by atoms with Gasteiger partial charge in [0.25, 0.3) is 0 Å². The molecule has 2 rings (SSSR count). The molecule has 0 saturated carbocycles. The zero-order chi connectivity index (χ0) is 20.8. The normalized spacial score (nSPS) is 13.2.